The zero-order chi connectivity index (χ0) is 11.5. The minimum atomic E-state index is -2.35. The van der Waals surface area contributed by atoms with Gasteiger partial charge in [-0.15, -0.1) is 0 Å². The Bertz CT molecular complexity index is 497. The van der Waals surface area contributed by atoms with Gasteiger partial charge in [-0.2, -0.15) is 0 Å². The molecule has 0 saturated carbocycles. The van der Waals surface area contributed by atoms with Gasteiger partial charge in [0.2, 0.25) is 0 Å². The number of hydrogen-bond acceptors (Lipinski definition) is 2. The Morgan fingerprint density at radius 2 is 2.12 bits per heavy atom. The van der Waals surface area contributed by atoms with Gasteiger partial charge in [-0.1, -0.05) is 18.2 Å². The number of pyridine rings is 1. The minimum absolute atomic E-state index is 0.340. The smallest absolute Gasteiger partial charge is 0.255 e. The zero-order valence-corrected chi connectivity index (χ0v) is 8.87. The lowest BCUT2D eigenvalue weighted by molar-refractivity contribution is 0.163. The highest BCUT2D eigenvalue weighted by Gasteiger charge is 2.06. The molecule has 0 fully saturated rings. The zero-order valence-electron chi connectivity index (χ0n) is 8.87. The molecule has 0 atom stereocenters. The summed E-state index contributed by atoms with van der Waals surface area (Å²) < 4.78 is 24.2. The summed E-state index contributed by atoms with van der Waals surface area (Å²) in [6.45, 7) is 1.61. The monoisotopic (exact) mass is 222 g/mol. The van der Waals surface area contributed by atoms with Crippen molar-refractivity contribution < 1.29 is 8.78 Å². The molecule has 0 saturated heterocycles. The summed E-state index contributed by atoms with van der Waals surface area (Å²) in [5.74, 6) is 0. The first-order valence-electron chi connectivity index (χ1n) is 5.05. The van der Waals surface area contributed by atoms with Crippen LogP contribution in [0, 0.1) is 6.92 Å². The number of nitrogens with one attached hydrogen (secondary N) is 1. The molecule has 0 bridgehead atoms. The van der Waals surface area contributed by atoms with Crippen LogP contribution in [0.1, 0.15) is 5.56 Å². The molecule has 2 nitrogen and oxygen atoms in total. The summed E-state index contributed by atoms with van der Waals surface area (Å²) in [6.07, 6.45) is -0.726. The maximum Gasteiger partial charge on any atom is 0.255 e. The summed E-state index contributed by atoms with van der Waals surface area (Å²) in [5.41, 5.74) is 2.59. The maximum atomic E-state index is 12.1. The van der Waals surface area contributed by atoms with E-state index in [-0.39, 0.29) is 6.54 Å². The third kappa shape index (κ3) is 2.10. The largest absolute Gasteiger partial charge is 0.379 e. The molecule has 2 aromatic rings. The van der Waals surface area contributed by atoms with Crippen molar-refractivity contribution in [3.8, 4) is 0 Å². The molecule has 0 unspecified atom stereocenters. The number of rotatable bonds is 3. The van der Waals surface area contributed by atoms with Crippen molar-refractivity contribution in [3.63, 3.8) is 0 Å². The predicted octanol–water partition coefficient (Wildman–Crippen LogP) is 3.22. The summed E-state index contributed by atoms with van der Waals surface area (Å²) in [7, 11) is 0. The molecular formula is C12H12F2N2. The van der Waals surface area contributed by atoms with E-state index in [9.17, 15) is 8.78 Å². The van der Waals surface area contributed by atoms with Gasteiger partial charge >= 0.3 is 0 Å². The van der Waals surface area contributed by atoms with Gasteiger partial charge in [0.1, 0.15) is 0 Å². The van der Waals surface area contributed by atoms with E-state index in [1.54, 1.807) is 12.3 Å². The number of alkyl halides is 2. The fourth-order valence-electron chi connectivity index (χ4n) is 1.67. The van der Waals surface area contributed by atoms with Crippen LogP contribution in [0.2, 0.25) is 0 Å². The van der Waals surface area contributed by atoms with Gasteiger partial charge in [0.25, 0.3) is 6.43 Å². The van der Waals surface area contributed by atoms with Crippen LogP contribution in [0.15, 0.2) is 30.5 Å². The average Bonchev–Trinajstić information content (AvgIpc) is 2.27. The Balaban J connectivity index is 2.42. The molecule has 0 radical (unpaired) electrons. The predicted molar refractivity (Wildman–Crippen MR) is 61.0 cm³/mol. The lowest BCUT2D eigenvalue weighted by atomic mass is 10.1. The van der Waals surface area contributed by atoms with E-state index in [1.165, 1.54) is 0 Å². The molecule has 1 N–H and O–H groups in total. The second-order valence-electron chi connectivity index (χ2n) is 3.60. The van der Waals surface area contributed by atoms with Crippen molar-refractivity contribution >= 4 is 16.6 Å². The lowest BCUT2D eigenvalue weighted by Gasteiger charge is -2.09. The van der Waals surface area contributed by atoms with Gasteiger partial charge in [-0.3, -0.25) is 4.98 Å². The summed E-state index contributed by atoms with van der Waals surface area (Å²) in [5, 5.41) is 3.60. The van der Waals surface area contributed by atoms with E-state index in [2.05, 4.69) is 10.3 Å². The first-order chi connectivity index (χ1) is 7.68. The van der Waals surface area contributed by atoms with E-state index >= 15 is 0 Å². The highest BCUT2D eigenvalue weighted by Crippen LogP contribution is 2.23. The van der Waals surface area contributed by atoms with Crippen LogP contribution < -0.4 is 5.32 Å². The molecule has 0 aliphatic carbocycles. The van der Waals surface area contributed by atoms with Gasteiger partial charge in [0.05, 0.1) is 12.1 Å². The van der Waals surface area contributed by atoms with Crippen LogP contribution in [0.25, 0.3) is 10.9 Å². The lowest BCUT2D eigenvalue weighted by Crippen LogP contribution is -2.10. The number of hydrogen-bond donors (Lipinski definition) is 1. The number of halogens is 2. The Kier molecular flexibility index (Phi) is 2.99. The second-order valence-corrected chi connectivity index (χ2v) is 3.60. The molecule has 84 valence electrons. The highest BCUT2D eigenvalue weighted by atomic mass is 19.3. The van der Waals surface area contributed by atoms with Gasteiger partial charge in [0, 0.05) is 17.3 Å². The summed E-state index contributed by atoms with van der Waals surface area (Å²) >= 11 is 0. The fraction of sp³-hybridized carbons (Fsp3) is 0.250. The quantitative estimate of drug-likeness (QED) is 0.862. The molecule has 1 aromatic heterocycles. The van der Waals surface area contributed by atoms with Crippen LogP contribution in [0.4, 0.5) is 14.5 Å². The van der Waals surface area contributed by atoms with Crippen molar-refractivity contribution in [2.24, 2.45) is 0 Å². The highest BCUT2D eigenvalue weighted by molar-refractivity contribution is 5.92. The molecule has 1 heterocycles. The fourth-order valence-corrected chi connectivity index (χ4v) is 1.67. The average molecular weight is 222 g/mol. The molecule has 2 rings (SSSR count). The number of para-hydroxylation sites is 1. The standard InChI is InChI=1S/C12H12F2N2/c1-8-3-2-4-9-10(16-7-11(13)14)5-6-15-12(8)9/h2-6,11H,7H2,1H3,(H,15,16). The molecule has 0 aliphatic heterocycles. The summed E-state index contributed by atoms with van der Waals surface area (Å²) in [6, 6.07) is 7.44. The van der Waals surface area contributed by atoms with Crippen LogP contribution in [-0.4, -0.2) is 18.0 Å². The minimum Gasteiger partial charge on any atom is -0.379 e. The molecule has 0 spiro atoms. The van der Waals surface area contributed by atoms with E-state index in [1.807, 2.05) is 25.1 Å². The van der Waals surface area contributed by atoms with Gasteiger partial charge in [-0.05, 0) is 18.6 Å². The normalized spacial score (nSPS) is 11.0. The van der Waals surface area contributed by atoms with Gasteiger partial charge < -0.3 is 5.32 Å². The van der Waals surface area contributed by atoms with Crippen molar-refractivity contribution in [3.05, 3.63) is 36.0 Å². The SMILES string of the molecule is Cc1cccc2c(NCC(F)F)ccnc12. The molecule has 0 aliphatic rings. The first-order valence-corrected chi connectivity index (χ1v) is 5.05. The third-order valence-electron chi connectivity index (χ3n) is 2.42. The van der Waals surface area contributed by atoms with Crippen LogP contribution in [-0.2, 0) is 0 Å². The van der Waals surface area contributed by atoms with E-state index < -0.39 is 6.43 Å². The molecule has 4 heteroatoms. The maximum absolute atomic E-state index is 12.1. The number of aryl methyl sites for hydroxylation is 1. The number of aromatic nitrogens is 1. The Morgan fingerprint density at radius 1 is 1.31 bits per heavy atom. The van der Waals surface area contributed by atoms with Crippen molar-refractivity contribution in [1.82, 2.24) is 4.98 Å². The first kappa shape index (κ1) is 10.8. The molecule has 16 heavy (non-hydrogen) atoms. The van der Waals surface area contributed by atoms with Crippen molar-refractivity contribution in [2.75, 3.05) is 11.9 Å². The van der Waals surface area contributed by atoms with Gasteiger partial charge in [0.15, 0.2) is 0 Å². The summed E-state index contributed by atoms with van der Waals surface area (Å²) in [4.78, 5) is 4.24. The van der Waals surface area contributed by atoms with Crippen LogP contribution >= 0.6 is 0 Å². The number of nitrogens with zero attached hydrogens (tertiary/aromatic N) is 1. The third-order valence-corrected chi connectivity index (χ3v) is 2.42. The van der Waals surface area contributed by atoms with Crippen molar-refractivity contribution in [2.45, 2.75) is 13.3 Å². The topological polar surface area (TPSA) is 24.9 Å². The van der Waals surface area contributed by atoms with E-state index in [4.69, 9.17) is 0 Å². The Morgan fingerprint density at radius 3 is 2.88 bits per heavy atom. The molecular weight excluding hydrogens is 210 g/mol. The number of anilines is 1. The number of fused-ring (bicyclic) bond motifs is 1. The van der Waals surface area contributed by atoms with Crippen LogP contribution in [0.3, 0.4) is 0 Å². The molecule has 1 aromatic carbocycles. The van der Waals surface area contributed by atoms with Crippen LogP contribution in [0.5, 0.6) is 0 Å². The van der Waals surface area contributed by atoms with E-state index in [0.717, 1.165) is 16.5 Å². The van der Waals surface area contributed by atoms with Crippen molar-refractivity contribution in [1.29, 1.82) is 0 Å². The Labute approximate surface area is 92.3 Å². The Hall–Kier alpha value is -1.71. The molecule has 0 amide bonds. The van der Waals surface area contributed by atoms with E-state index in [0.29, 0.717) is 5.69 Å². The number of benzene rings is 1. The van der Waals surface area contributed by atoms with Gasteiger partial charge in [-0.25, -0.2) is 8.78 Å². The second kappa shape index (κ2) is 4.43.